The first-order valence-corrected chi connectivity index (χ1v) is 7.91. The fraction of sp³-hybridized carbons (Fsp3) is 0.812. The first-order chi connectivity index (χ1) is 9.24. The summed E-state index contributed by atoms with van der Waals surface area (Å²) in [4.78, 5) is 0. The molecule has 3 nitrogen and oxygen atoms in total. The molecule has 0 radical (unpaired) electrons. The van der Waals surface area contributed by atoms with Crippen LogP contribution >= 0.6 is 0 Å². The molecule has 0 atom stereocenters. The van der Waals surface area contributed by atoms with Gasteiger partial charge in [-0.2, -0.15) is 5.10 Å². The summed E-state index contributed by atoms with van der Waals surface area (Å²) in [5, 5.41) is 8.16. The molecule has 19 heavy (non-hydrogen) atoms. The van der Waals surface area contributed by atoms with Crippen LogP contribution in [0, 0.1) is 23.7 Å². The average molecular weight is 259 g/mol. The van der Waals surface area contributed by atoms with Crippen molar-refractivity contribution >= 4 is 0 Å². The second-order valence-electron chi connectivity index (χ2n) is 7.20. The zero-order valence-electron chi connectivity index (χ0n) is 12.1. The smallest absolute Gasteiger partial charge is 0.0705 e. The Balaban J connectivity index is 1.68. The van der Waals surface area contributed by atoms with Crippen LogP contribution in [0.1, 0.15) is 49.3 Å². The molecule has 0 aliphatic heterocycles. The number of nitrogens with one attached hydrogen (secondary N) is 1. The van der Waals surface area contributed by atoms with Crippen molar-refractivity contribution in [2.45, 2.75) is 44.6 Å². The highest BCUT2D eigenvalue weighted by Gasteiger charge is 2.49. The number of hydrogen-bond donors (Lipinski definition) is 1. The Bertz CT molecular complexity index is 448. The lowest BCUT2D eigenvalue weighted by Crippen LogP contribution is -2.44. The van der Waals surface area contributed by atoms with E-state index >= 15 is 0 Å². The van der Waals surface area contributed by atoms with Crippen LogP contribution in [0.2, 0.25) is 0 Å². The Labute approximate surface area is 115 Å². The minimum Gasteiger partial charge on any atom is -0.316 e. The first-order valence-electron chi connectivity index (χ1n) is 7.91. The third kappa shape index (κ3) is 1.85. The van der Waals surface area contributed by atoms with E-state index in [1.807, 2.05) is 11.7 Å². The molecule has 0 amide bonds. The zero-order valence-corrected chi connectivity index (χ0v) is 12.1. The lowest BCUT2D eigenvalue weighted by molar-refractivity contribution is -0.00459. The highest BCUT2D eigenvalue weighted by atomic mass is 15.3. The molecule has 1 N–H and O–H groups in total. The number of aromatic nitrogens is 2. The van der Waals surface area contributed by atoms with Crippen LogP contribution in [-0.4, -0.2) is 16.8 Å². The molecule has 4 bridgehead atoms. The SMILES string of the molecule is CNCc1cn(C)nc1C1C2CC3CC(C2)CC1C3. The van der Waals surface area contributed by atoms with Gasteiger partial charge in [0.2, 0.25) is 0 Å². The third-order valence-electron chi connectivity index (χ3n) is 5.85. The number of rotatable bonds is 3. The van der Waals surface area contributed by atoms with Crippen LogP contribution in [0.25, 0.3) is 0 Å². The van der Waals surface area contributed by atoms with Crippen LogP contribution in [-0.2, 0) is 13.6 Å². The molecule has 0 aromatic carbocycles. The Morgan fingerprint density at radius 3 is 2.37 bits per heavy atom. The van der Waals surface area contributed by atoms with E-state index in [1.54, 1.807) is 0 Å². The summed E-state index contributed by atoms with van der Waals surface area (Å²) in [7, 11) is 4.10. The third-order valence-corrected chi connectivity index (χ3v) is 5.85. The molecule has 1 aromatic rings. The topological polar surface area (TPSA) is 29.9 Å². The maximum atomic E-state index is 4.85. The van der Waals surface area contributed by atoms with Crippen LogP contribution in [0.4, 0.5) is 0 Å². The second-order valence-corrected chi connectivity index (χ2v) is 7.20. The second kappa shape index (κ2) is 4.34. The van der Waals surface area contributed by atoms with E-state index in [1.165, 1.54) is 43.4 Å². The van der Waals surface area contributed by atoms with Gasteiger partial charge >= 0.3 is 0 Å². The zero-order chi connectivity index (χ0) is 13.0. The summed E-state index contributed by atoms with van der Waals surface area (Å²) in [6.07, 6.45) is 9.67. The van der Waals surface area contributed by atoms with Crippen molar-refractivity contribution < 1.29 is 0 Å². The fourth-order valence-electron chi connectivity index (χ4n) is 5.53. The average Bonchev–Trinajstić information content (AvgIpc) is 2.69. The normalized spacial score (nSPS) is 40.0. The minimum atomic E-state index is 0.761. The number of aryl methyl sites for hydroxylation is 1. The largest absolute Gasteiger partial charge is 0.316 e. The van der Waals surface area contributed by atoms with Gasteiger partial charge < -0.3 is 5.32 Å². The Kier molecular flexibility index (Phi) is 2.73. The van der Waals surface area contributed by atoms with Crippen molar-refractivity contribution in [3.63, 3.8) is 0 Å². The van der Waals surface area contributed by atoms with Crippen molar-refractivity contribution in [1.29, 1.82) is 0 Å². The summed E-state index contributed by atoms with van der Waals surface area (Å²) in [6, 6.07) is 0. The van der Waals surface area contributed by atoms with E-state index in [9.17, 15) is 0 Å². The summed E-state index contributed by atoms with van der Waals surface area (Å²) < 4.78 is 2.02. The summed E-state index contributed by atoms with van der Waals surface area (Å²) >= 11 is 0. The van der Waals surface area contributed by atoms with Gasteiger partial charge in [0.1, 0.15) is 0 Å². The van der Waals surface area contributed by atoms with Gasteiger partial charge in [0.05, 0.1) is 5.69 Å². The van der Waals surface area contributed by atoms with Gasteiger partial charge in [0, 0.05) is 31.3 Å². The predicted molar refractivity (Wildman–Crippen MR) is 75.8 cm³/mol. The van der Waals surface area contributed by atoms with E-state index in [0.717, 1.165) is 36.1 Å². The van der Waals surface area contributed by atoms with E-state index in [-0.39, 0.29) is 0 Å². The van der Waals surface area contributed by atoms with Gasteiger partial charge in [-0.15, -0.1) is 0 Å². The van der Waals surface area contributed by atoms with Crippen LogP contribution in [0.5, 0.6) is 0 Å². The van der Waals surface area contributed by atoms with Gasteiger partial charge in [0.15, 0.2) is 0 Å². The lowest BCUT2D eigenvalue weighted by atomic mass is 9.51. The quantitative estimate of drug-likeness (QED) is 0.904. The van der Waals surface area contributed by atoms with Crippen molar-refractivity contribution in [3.05, 3.63) is 17.5 Å². The van der Waals surface area contributed by atoms with Crippen LogP contribution in [0.3, 0.4) is 0 Å². The highest BCUT2D eigenvalue weighted by Crippen LogP contribution is 2.59. The Morgan fingerprint density at radius 2 is 1.79 bits per heavy atom. The van der Waals surface area contributed by atoms with Gasteiger partial charge in [-0.3, -0.25) is 4.68 Å². The molecule has 1 heterocycles. The molecule has 104 valence electrons. The molecule has 1 aromatic heterocycles. The standard InChI is InChI=1S/C16H25N3/c1-17-8-14-9-19(2)18-16(14)15-12-4-10-3-11(6-12)7-13(15)5-10/h9-13,15,17H,3-8H2,1-2H3. The molecule has 0 saturated heterocycles. The van der Waals surface area contributed by atoms with Gasteiger partial charge in [-0.1, -0.05) is 0 Å². The summed E-state index contributed by atoms with van der Waals surface area (Å²) in [6.45, 7) is 0.964. The molecule has 4 fully saturated rings. The Morgan fingerprint density at radius 1 is 1.16 bits per heavy atom. The van der Waals surface area contributed by atoms with Crippen molar-refractivity contribution in [2.24, 2.45) is 30.7 Å². The molecule has 3 heteroatoms. The monoisotopic (exact) mass is 259 g/mol. The maximum Gasteiger partial charge on any atom is 0.0705 e. The summed E-state index contributed by atoms with van der Waals surface area (Å²) in [5.41, 5.74) is 2.85. The highest BCUT2D eigenvalue weighted by molar-refractivity contribution is 5.25. The van der Waals surface area contributed by atoms with E-state index < -0.39 is 0 Å². The minimum absolute atomic E-state index is 0.761. The van der Waals surface area contributed by atoms with Crippen molar-refractivity contribution in [2.75, 3.05) is 7.05 Å². The molecule has 4 aliphatic carbocycles. The fourth-order valence-corrected chi connectivity index (χ4v) is 5.53. The molecule has 4 saturated carbocycles. The van der Waals surface area contributed by atoms with Crippen molar-refractivity contribution in [3.8, 4) is 0 Å². The molecular weight excluding hydrogens is 234 g/mol. The molecule has 0 unspecified atom stereocenters. The molecule has 4 aliphatic rings. The van der Waals surface area contributed by atoms with Crippen LogP contribution < -0.4 is 5.32 Å². The van der Waals surface area contributed by atoms with Gasteiger partial charge in [0.25, 0.3) is 0 Å². The van der Waals surface area contributed by atoms with Crippen LogP contribution in [0.15, 0.2) is 6.20 Å². The predicted octanol–water partition coefficient (Wildman–Crippen LogP) is 2.68. The van der Waals surface area contributed by atoms with Gasteiger partial charge in [-0.25, -0.2) is 0 Å². The van der Waals surface area contributed by atoms with Crippen molar-refractivity contribution in [1.82, 2.24) is 15.1 Å². The molecule has 0 spiro atoms. The Hall–Kier alpha value is -0.830. The van der Waals surface area contributed by atoms with E-state index in [0.29, 0.717) is 0 Å². The van der Waals surface area contributed by atoms with E-state index in [2.05, 4.69) is 18.6 Å². The van der Waals surface area contributed by atoms with Gasteiger partial charge in [-0.05, 0) is 62.8 Å². The van der Waals surface area contributed by atoms with E-state index in [4.69, 9.17) is 5.10 Å². The molecule has 5 rings (SSSR count). The first kappa shape index (κ1) is 12.0. The molecular formula is C16H25N3. The summed E-state index contributed by atoms with van der Waals surface area (Å²) in [5.74, 6) is 4.73. The number of nitrogens with zero attached hydrogens (tertiary/aromatic N) is 2. The lowest BCUT2D eigenvalue weighted by Gasteiger charge is -2.54. The maximum absolute atomic E-state index is 4.85. The number of hydrogen-bond acceptors (Lipinski definition) is 2.